The van der Waals surface area contributed by atoms with Gasteiger partial charge in [0.2, 0.25) is 15.9 Å². The maximum Gasteiger partial charge on any atom is 0.253 e. The first-order valence-corrected chi connectivity index (χ1v) is 12.8. The Morgan fingerprint density at radius 3 is 2.32 bits per heavy atom. The lowest BCUT2D eigenvalue weighted by Gasteiger charge is -2.24. The number of carbonyl (C=O) groups is 2. The molecule has 0 radical (unpaired) electrons. The maximum atomic E-state index is 12.8. The van der Waals surface area contributed by atoms with E-state index in [4.69, 9.17) is 11.6 Å². The number of anilines is 2. The molecule has 3 aromatic carbocycles. The summed E-state index contributed by atoms with van der Waals surface area (Å²) < 4.78 is 25.9. The monoisotopic (exact) mass is 499 g/mol. The Balaban J connectivity index is 1.72. The highest BCUT2D eigenvalue weighted by molar-refractivity contribution is 7.92. The number of benzene rings is 3. The highest BCUT2D eigenvalue weighted by atomic mass is 35.5. The van der Waals surface area contributed by atoms with E-state index in [1.54, 1.807) is 49.4 Å². The SMILES string of the molecule is Cc1c(Cl)cccc1N(CC(=O)Nc1ccccc1C(=O)NCCc1ccccc1)S(C)(=O)=O. The Bertz CT molecular complexity index is 1280. The fraction of sp³-hybridized carbons (Fsp3) is 0.200. The summed E-state index contributed by atoms with van der Waals surface area (Å²) in [6.45, 7) is 1.65. The molecule has 0 aliphatic rings. The van der Waals surface area contributed by atoms with Gasteiger partial charge >= 0.3 is 0 Å². The summed E-state index contributed by atoms with van der Waals surface area (Å²) in [5, 5.41) is 5.91. The van der Waals surface area contributed by atoms with Gasteiger partial charge in [-0.15, -0.1) is 0 Å². The van der Waals surface area contributed by atoms with E-state index in [-0.39, 0.29) is 11.5 Å². The molecule has 2 N–H and O–H groups in total. The number of para-hydroxylation sites is 1. The predicted octanol–water partition coefficient (Wildman–Crippen LogP) is 4.03. The van der Waals surface area contributed by atoms with Crippen LogP contribution in [0.1, 0.15) is 21.5 Å². The molecule has 0 unspecified atom stereocenters. The Morgan fingerprint density at radius 2 is 1.62 bits per heavy atom. The quantitative estimate of drug-likeness (QED) is 0.464. The molecule has 3 rings (SSSR count). The Morgan fingerprint density at radius 1 is 0.941 bits per heavy atom. The van der Waals surface area contributed by atoms with Crippen LogP contribution in [0, 0.1) is 6.92 Å². The first kappa shape index (κ1) is 25.3. The second-order valence-electron chi connectivity index (χ2n) is 7.74. The van der Waals surface area contributed by atoms with Gasteiger partial charge < -0.3 is 10.6 Å². The molecule has 0 saturated heterocycles. The van der Waals surface area contributed by atoms with Crippen molar-refractivity contribution in [1.82, 2.24) is 5.32 Å². The highest BCUT2D eigenvalue weighted by Gasteiger charge is 2.24. The van der Waals surface area contributed by atoms with Crippen molar-refractivity contribution in [3.8, 4) is 0 Å². The first-order valence-electron chi connectivity index (χ1n) is 10.6. The topological polar surface area (TPSA) is 95.6 Å². The number of nitrogens with one attached hydrogen (secondary N) is 2. The van der Waals surface area contributed by atoms with Crippen molar-refractivity contribution in [3.63, 3.8) is 0 Å². The van der Waals surface area contributed by atoms with Gasteiger partial charge in [-0.2, -0.15) is 0 Å². The molecule has 0 aromatic heterocycles. The average molecular weight is 500 g/mol. The van der Waals surface area contributed by atoms with E-state index in [9.17, 15) is 18.0 Å². The number of halogens is 1. The Labute approximate surface area is 204 Å². The lowest BCUT2D eigenvalue weighted by atomic mass is 10.1. The number of hydrogen-bond donors (Lipinski definition) is 2. The molecule has 0 saturated carbocycles. The lowest BCUT2D eigenvalue weighted by molar-refractivity contribution is -0.114. The Hall–Kier alpha value is -3.36. The molecule has 3 aromatic rings. The molecule has 34 heavy (non-hydrogen) atoms. The van der Waals surface area contributed by atoms with Crippen molar-refractivity contribution in [2.45, 2.75) is 13.3 Å². The molecular formula is C25H26ClN3O4S. The largest absolute Gasteiger partial charge is 0.352 e. The maximum absolute atomic E-state index is 12.8. The zero-order valence-corrected chi connectivity index (χ0v) is 20.5. The molecule has 178 valence electrons. The third-order valence-electron chi connectivity index (χ3n) is 5.18. The van der Waals surface area contributed by atoms with E-state index in [1.807, 2.05) is 30.3 Å². The summed E-state index contributed by atoms with van der Waals surface area (Å²) in [5.74, 6) is -0.924. The number of amides is 2. The average Bonchev–Trinajstić information content (AvgIpc) is 2.80. The van der Waals surface area contributed by atoms with Crippen LogP contribution in [0.4, 0.5) is 11.4 Å². The van der Waals surface area contributed by atoms with Crippen LogP contribution in [0.25, 0.3) is 0 Å². The van der Waals surface area contributed by atoms with Gasteiger partial charge in [0.05, 0.1) is 23.2 Å². The van der Waals surface area contributed by atoms with Crippen molar-refractivity contribution >= 4 is 44.8 Å². The van der Waals surface area contributed by atoms with Crippen LogP contribution >= 0.6 is 11.6 Å². The third-order valence-corrected chi connectivity index (χ3v) is 6.72. The molecule has 7 nitrogen and oxygen atoms in total. The predicted molar refractivity (Wildman–Crippen MR) is 136 cm³/mol. The number of sulfonamides is 1. The molecule has 0 spiro atoms. The van der Waals surface area contributed by atoms with Crippen LogP contribution in [-0.4, -0.2) is 39.6 Å². The van der Waals surface area contributed by atoms with Crippen molar-refractivity contribution in [2.75, 3.05) is 29.0 Å². The second-order valence-corrected chi connectivity index (χ2v) is 10.1. The standard InChI is InChI=1S/C25H26ClN3O4S/c1-18-21(26)12-8-14-23(18)29(34(2,32)33)17-24(30)28-22-13-7-6-11-20(22)25(31)27-16-15-19-9-4-3-5-10-19/h3-14H,15-17H2,1-2H3,(H,27,31)(H,28,30). The molecule has 0 fully saturated rings. The van der Waals surface area contributed by atoms with Crippen LogP contribution in [-0.2, 0) is 21.2 Å². The smallest absolute Gasteiger partial charge is 0.253 e. The minimum absolute atomic E-state index is 0.286. The van der Waals surface area contributed by atoms with Gasteiger partial charge in [0.1, 0.15) is 6.54 Å². The highest BCUT2D eigenvalue weighted by Crippen LogP contribution is 2.28. The van der Waals surface area contributed by atoms with Gasteiger partial charge in [-0.25, -0.2) is 8.42 Å². The van der Waals surface area contributed by atoms with Crippen molar-refractivity contribution in [3.05, 3.63) is 94.5 Å². The second kappa shape index (κ2) is 11.2. The molecule has 0 atom stereocenters. The lowest BCUT2D eigenvalue weighted by Crippen LogP contribution is -2.38. The molecule has 0 aliphatic heterocycles. The molecular weight excluding hydrogens is 474 g/mol. The van der Waals surface area contributed by atoms with E-state index in [2.05, 4.69) is 10.6 Å². The number of rotatable bonds is 9. The van der Waals surface area contributed by atoms with Crippen LogP contribution in [0.5, 0.6) is 0 Å². The van der Waals surface area contributed by atoms with Crippen molar-refractivity contribution < 1.29 is 18.0 Å². The van der Waals surface area contributed by atoms with Crippen LogP contribution < -0.4 is 14.9 Å². The van der Waals surface area contributed by atoms with Gasteiger partial charge in [0.25, 0.3) is 5.91 Å². The third kappa shape index (κ3) is 6.59. The molecule has 2 amide bonds. The number of nitrogens with zero attached hydrogens (tertiary/aromatic N) is 1. The van der Waals surface area contributed by atoms with Gasteiger partial charge in [-0.3, -0.25) is 13.9 Å². The van der Waals surface area contributed by atoms with Crippen molar-refractivity contribution in [1.29, 1.82) is 0 Å². The minimum Gasteiger partial charge on any atom is -0.352 e. The fourth-order valence-electron chi connectivity index (χ4n) is 3.42. The molecule has 9 heteroatoms. The van der Waals surface area contributed by atoms with Gasteiger partial charge in [-0.05, 0) is 48.7 Å². The minimum atomic E-state index is -3.77. The fourth-order valence-corrected chi connectivity index (χ4v) is 4.49. The zero-order valence-electron chi connectivity index (χ0n) is 18.9. The molecule has 0 heterocycles. The van der Waals surface area contributed by atoms with Crippen LogP contribution in [0.3, 0.4) is 0 Å². The van der Waals surface area contributed by atoms with Crippen molar-refractivity contribution in [2.24, 2.45) is 0 Å². The van der Waals surface area contributed by atoms with Gasteiger partial charge in [-0.1, -0.05) is 60.1 Å². The molecule has 0 aliphatic carbocycles. The van der Waals surface area contributed by atoms with E-state index < -0.39 is 22.5 Å². The number of hydrogen-bond acceptors (Lipinski definition) is 4. The normalized spacial score (nSPS) is 11.0. The van der Waals surface area contributed by atoms with Crippen LogP contribution in [0.15, 0.2) is 72.8 Å². The molecule has 0 bridgehead atoms. The number of carbonyl (C=O) groups excluding carboxylic acids is 2. The zero-order chi connectivity index (χ0) is 24.7. The summed E-state index contributed by atoms with van der Waals surface area (Å²) in [6.07, 6.45) is 1.69. The van der Waals surface area contributed by atoms with Crippen LogP contribution in [0.2, 0.25) is 5.02 Å². The summed E-state index contributed by atoms with van der Waals surface area (Å²) in [7, 11) is -3.77. The summed E-state index contributed by atoms with van der Waals surface area (Å²) in [4.78, 5) is 25.6. The van der Waals surface area contributed by atoms with E-state index >= 15 is 0 Å². The van der Waals surface area contributed by atoms with Gasteiger partial charge in [0.15, 0.2) is 0 Å². The van der Waals surface area contributed by atoms with E-state index in [0.29, 0.717) is 34.9 Å². The Kier molecular flexibility index (Phi) is 8.31. The summed E-state index contributed by atoms with van der Waals surface area (Å²) in [5.41, 5.74) is 2.54. The van der Waals surface area contributed by atoms with E-state index in [1.165, 1.54) is 0 Å². The van der Waals surface area contributed by atoms with Gasteiger partial charge in [0, 0.05) is 11.6 Å². The first-order chi connectivity index (χ1) is 16.2. The summed E-state index contributed by atoms with van der Waals surface area (Å²) in [6, 6.07) is 21.2. The van der Waals surface area contributed by atoms with E-state index in [0.717, 1.165) is 16.1 Å². The summed E-state index contributed by atoms with van der Waals surface area (Å²) >= 11 is 6.14.